The van der Waals surface area contributed by atoms with E-state index in [1.165, 1.54) is 11.1 Å². The Kier molecular flexibility index (Phi) is 2.57. The monoisotopic (exact) mass is 236 g/mol. The molecule has 1 aliphatic carbocycles. The summed E-state index contributed by atoms with van der Waals surface area (Å²) in [6.07, 6.45) is 3.69. The molecule has 0 radical (unpaired) electrons. The molecule has 18 heavy (non-hydrogen) atoms. The van der Waals surface area contributed by atoms with E-state index in [4.69, 9.17) is 0 Å². The average Bonchev–Trinajstić information content (AvgIpc) is 2.78. The molecule has 3 rings (SSSR count). The predicted molar refractivity (Wildman–Crippen MR) is 74.2 cm³/mol. The van der Waals surface area contributed by atoms with Crippen molar-refractivity contribution in [2.24, 2.45) is 0 Å². The van der Waals surface area contributed by atoms with Gasteiger partial charge in [0, 0.05) is 5.41 Å². The Morgan fingerprint density at radius 3 is 2.39 bits per heavy atom. The molecule has 1 unspecified atom stereocenters. The molecule has 0 saturated heterocycles. The molecule has 90 valence electrons. The molecule has 0 aliphatic heterocycles. The summed E-state index contributed by atoms with van der Waals surface area (Å²) in [5.41, 5.74) is 3.02. The van der Waals surface area contributed by atoms with E-state index in [0.29, 0.717) is 0 Å². The second-order valence-electron chi connectivity index (χ2n) is 5.02. The van der Waals surface area contributed by atoms with E-state index in [2.05, 4.69) is 31.2 Å². The highest BCUT2D eigenvalue weighted by molar-refractivity contribution is 5.65. The first-order valence-electron chi connectivity index (χ1n) is 6.23. The molecule has 2 aromatic carbocycles. The van der Waals surface area contributed by atoms with E-state index in [-0.39, 0.29) is 5.41 Å². The lowest BCUT2D eigenvalue weighted by Crippen LogP contribution is -2.26. The van der Waals surface area contributed by atoms with Crippen LogP contribution in [0.3, 0.4) is 0 Å². The minimum Gasteiger partial charge on any atom is -0.387 e. The second-order valence-corrected chi connectivity index (χ2v) is 5.02. The Hall–Kier alpha value is -1.86. The van der Waals surface area contributed by atoms with Crippen LogP contribution in [0, 0.1) is 0 Å². The van der Waals surface area contributed by atoms with Crippen LogP contribution in [0.15, 0.2) is 60.7 Å². The van der Waals surface area contributed by atoms with E-state index in [1.54, 1.807) is 0 Å². The Labute approximate surface area is 107 Å². The molecule has 2 atom stereocenters. The lowest BCUT2D eigenvalue weighted by molar-refractivity contribution is 0.117. The zero-order chi connectivity index (χ0) is 12.6. The van der Waals surface area contributed by atoms with E-state index >= 15 is 0 Å². The van der Waals surface area contributed by atoms with Gasteiger partial charge in [0.05, 0.1) is 6.10 Å². The van der Waals surface area contributed by atoms with Crippen LogP contribution >= 0.6 is 0 Å². The van der Waals surface area contributed by atoms with Gasteiger partial charge in [-0.3, -0.25) is 0 Å². The smallest absolute Gasteiger partial charge is 0.0918 e. The largest absolute Gasteiger partial charge is 0.387 e. The summed E-state index contributed by atoms with van der Waals surface area (Å²) in [7, 11) is 0. The van der Waals surface area contributed by atoms with Gasteiger partial charge in [0.2, 0.25) is 0 Å². The fourth-order valence-electron chi connectivity index (χ4n) is 2.71. The Balaban J connectivity index is 2.05. The van der Waals surface area contributed by atoms with Crippen molar-refractivity contribution in [1.82, 2.24) is 0 Å². The normalized spacial score (nSPS) is 22.8. The van der Waals surface area contributed by atoms with Crippen molar-refractivity contribution in [1.29, 1.82) is 0 Å². The van der Waals surface area contributed by atoms with Gasteiger partial charge in [-0.2, -0.15) is 0 Å². The number of hydrogen-bond donors (Lipinski definition) is 1. The topological polar surface area (TPSA) is 20.2 Å². The lowest BCUT2D eigenvalue weighted by atomic mass is 9.77. The van der Waals surface area contributed by atoms with Gasteiger partial charge in [0.1, 0.15) is 0 Å². The van der Waals surface area contributed by atoms with Gasteiger partial charge in [-0.1, -0.05) is 66.7 Å². The molecule has 1 nitrogen and oxygen atoms in total. The first-order valence-corrected chi connectivity index (χ1v) is 6.23. The van der Waals surface area contributed by atoms with Crippen molar-refractivity contribution < 1.29 is 5.11 Å². The molecule has 1 N–H and O–H groups in total. The van der Waals surface area contributed by atoms with E-state index in [1.807, 2.05) is 42.5 Å². The lowest BCUT2D eigenvalue weighted by Gasteiger charge is -2.30. The Morgan fingerprint density at radius 2 is 1.61 bits per heavy atom. The minimum atomic E-state index is -0.515. The fourth-order valence-corrected chi connectivity index (χ4v) is 2.71. The molecule has 1 aliphatic rings. The van der Waals surface area contributed by atoms with Crippen molar-refractivity contribution >= 4 is 6.08 Å². The third-order valence-corrected chi connectivity index (χ3v) is 3.83. The highest BCUT2D eigenvalue weighted by atomic mass is 16.3. The number of aliphatic hydroxyl groups excluding tert-OH is 1. The molecule has 0 aromatic heterocycles. The van der Waals surface area contributed by atoms with E-state index in [9.17, 15) is 5.11 Å². The average molecular weight is 236 g/mol. The minimum absolute atomic E-state index is 0.335. The molecule has 0 heterocycles. The zero-order valence-corrected chi connectivity index (χ0v) is 10.4. The van der Waals surface area contributed by atoms with Crippen LogP contribution in [-0.4, -0.2) is 5.11 Å². The third kappa shape index (κ3) is 1.59. The standard InChI is InChI=1S/C17H16O/c1-17(16(18)14-8-3-2-4-9-14)12-11-13-7-5-6-10-15(13)17/h2-12,16,18H,1H3/t16?,17-/m1/s1. The van der Waals surface area contributed by atoms with Gasteiger partial charge in [-0.05, 0) is 23.6 Å². The van der Waals surface area contributed by atoms with Gasteiger partial charge in [0.25, 0.3) is 0 Å². The first-order chi connectivity index (χ1) is 8.72. The number of benzene rings is 2. The van der Waals surface area contributed by atoms with Crippen molar-refractivity contribution in [3.8, 4) is 0 Å². The SMILES string of the molecule is C[C@@]1(C(O)c2ccccc2)C=Cc2ccccc21. The summed E-state index contributed by atoms with van der Waals surface area (Å²) >= 11 is 0. The maximum atomic E-state index is 10.7. The first kappa shape index (κ1) is 11.2. The fraction of sp³-hybridized carbons (Fsp3) is 0.176. The molecule has 0 amide bonds. The molecule has 0 fully saturated rings. The molecule has 2 aromatic rings. The van der Waals surface area contributed by atoms with Crippen molar-refractivity contribution in [3.63, 3.8) is 0 Å². The summed E-state index contributed by atoms with van der Waals surface area (Å²) < 4.78 is 0. The number of rotatable bonds is 2. The molecular weight excluding hydrogens is 220 g/mol. The van der Waals surface area contributed by atoms with Crippen LogP contribution in [0.1, 0.15) is 29.7 Å². The maximum absolute atomic E-state index is 10.7. The van der Waals surface area contributed by atoms with Gasteiger partial charge >= 0.3 is 0 Å². The summed E-state index contributed by atoms with van der Waals surface area (Å²) in [4.78, 5) is 0. The predicted octanol–water partition coefficient (Wildman–Crippen LogP) is 3.70. The number of fused-ring (bicyclic) bond motifs is 1. The highest BCUT2D eigenvalue weighted by Gasteiger charge is 2.37. The van der Waals surface area contributed by atoms with Crippen LogP contribution < -0.4 is 0 Å². The van der Waals surface area contributed by atoms with E-state index in [0.717, 1.165) is 5.56 Å². The van der Waals surface area contributed by atoms with Crippen molar-refractivity contribution in [3.05, 3.63) is 77.4 Å². The number of hydrogen-bond acceptors (Lipinski definition) is 1. The number of aliphatic hydroxyl groups is 1. The quantitative estimate of drug-likeness (QED) is 0.842. The van der Waals surface area contributed by atoms with Crippen LogP contribution in [0.2, 0.25) is 0 Å². The molecule has 0 spiro atoms. The molecule has 1 heteroatoms. The van der Waals surface area contributed by atoms with Gasteiger partial charge in [-0.25, -0.2) is 0 Å². The van der Waals surface area contributed by atoms with Gasteiger partial charge in [0.15, 0.2) is 0 Å². The van der Waals surface area contributed by atoms with Crippen LogP contribution in [-0.2, 0) is 5.41 Å². The molecule has 0 saturated carbocycles. The Bertz CT molecular complexity index is 586. The van der Waals surface area contributed by atoms with Crippen LogP contribution in [0.5, 0.6) is 0 Å². The highest BCUT2D eigenvalue weighted by Crippen LogP contribution is 2.44. The maximum Gasteiger partial charge on any atom is 0.0918 e. The van der Waals surface area contributed by atoms with E-state index < -0.39 is 6.10 Å². The summed E-state index contributed by atoms with van der Waals surface area (Å²) in [6.45, 7) is 2.09. The summed E-state index contributed by atoms with van der Waals surface area (Å²) in [5.74, 6) is 0. The third-order valence-electron chi connectivity index (χ3n) is 3.83. The Morgan fingerprint density at radius 1 is 0.944 bits per heavy atom. The second kappa shape index (κ2) is 4.11. The van der Waals surface area contributed by atoms with Crippen LogP contribution in [0.25, 0.3) is 6.08 Å². The van der Waals surface area contributed by atoms with Crippen LogP contribution in [0.4, 0.5) is 0 Å². The molecule has 0 bridgehead atoms. The zero-order valence-electron chi connectivity index (χ0n) is 10.4. The van der Waals surface area contributed by atoms with Gasteiger partial charge < -0.3 is 5.11 Å². The summed E-state index contributed by atoms with van der Waals surface area (Å²) in [5, 5.41) is 10.7. The van der Waals surface area contributed by atoms with Crippen molar-refractivity contribution in [2.75, 3.05) is 0 Å². The van der Waals surface area contributed by atoms with Gasteiger partial charge in [-0.15, -0.1) is 0 Å². The summed E-state index contributed by atoms with van der Waals surface area (Å²) in [6, 6.07) is 18.1. The van der Waals surface area contributed by atoms with Crippen molar-refractivity contribution in [2.45, 2.75) is 18.4 Å². The molecular formula is C17H16O.